The highest BCUT2D eigenvalue weighted by atomic mass is 32.1. The predicted octanol–water partition coefficient (Wildman–Crippen LogP) is 2.92. The van der Waals surface area contributed by atoms with E-state index >= 15 is 0 Å². The molecule has 0 radical (unpaired) electrons. The van der Waals surface area contributed by atoms with E-state index in [1.165, 1.54) is 0 Å². The van der Waals surface area contributed by atoms with Gasteiger partial charge in [-0.1, -0.05) is 17.2 Å². The summed E-state index contributed by atoms with van der Waals surface area (Å²) in [6.45, 7) is 0. The predicted molar refractivity (Wildman–Crippen MR) is 42.5 cm³/mol. The zero-order valence-electron chi connectivity index (χ0n) is 5.10. The van der Waals surface area contributed by atoms with Crippen molar-refractivity contribution in [3.8, 4) is 0 Å². The van der Waals surface area contributed by atoms with Gasteiger partial charge in [0.1, 0.15) is 0 Å². The van der Waals surface area contributed by atoms with E-state index < -0.39 is 0 Å². The quantitative estimate of drug-likeness (QED) is 0.277. The van der Waals surface area contributed by atoms with Crippen LogP contribution in [0.5, 0.6) is 0 Å². The second kappa shape index (κ2) is 3.15. The molecule has 0 saturated carbocycles. The molecular formula is C6H5N3S. The molecule has 1 rings (SSSR count). The number of hydrogen-bond acceptors (Lipinski definition) is 2. The van der Waals surface area contributed by atoms with Crippen LogP contribution in [0.25, 0.3) is 10.4 Å². The maximum absolute atomic E-state index is 8.03. The van der Waals surface area contributed by atoms with E-state index in [9.17, 15) is 0 Å². The van der Waals surface area contributed by atoms with Gasteiger partial charge in [-0.2, -0.15) is 0 Å². The number of rotatable bonds is 1. The Hall–Kier alpha value is -1.12. The van der Waals surface area contributed by atoms with E-state index in [0.717, 1.165) is 4.90 Å². The van der Waals surface area contributed by atoms with Crippen molar-refractivity contribution in [2.24, 2.45) is 5.11 Å². The molecule has 4 heteroatoms. The lowest BCUT2D eigenvalue weighted by Crippen LogP contribution is -1.62. The molecule has 1 aromatic rings. The maximum Gasteiger partial charge on any atom is 0.0376 e. The summed E-state index contributed by atoms with van der Waals surface area (Å²) in [7, 11) is 0. The fourth-order valence-corrected chi connectivity index (χ4v) is 0.720. The van der Waals surface area contributed by atoms with E-state index in [1.807, 2.05) is 0 Å². The Bertz CT molecular complexity index is 261. The van der Waals surface area contributed by atoms with Gasteiger partial charge in [-0.3, -0.25) is 0 Å². The number of nitrogens with zero attached hydrogens (tertiary/aromatic N) is 3. The summed E-state index contributed by atoms with van der Waals surface area (Å²) in [5.41, 5.74) is 8.64. The molecule has 0 aliphatic carbocycles. The Morgan fingerprint density at radius 3 is 2.40 bits per heavy atom. The molecule has 0 atom stereocenters. The first kappa shape index (κ1) is 6.99. The number of hydrogen-bond donors (Lipinski definition) is 1. The topological polar surface area (TPSA) is 48.8 Å². The van der Waals surface area contributed by atoms with Crippen LogP contribution in [0.1, 0.15) is 0 Å². The zero-order valence-corrected chi connectivity index (χ0v) is 5.99. The van der Waals surface area contributed by atoms with Gasteiger partial charge in [-0.05, 0) is 17.7 Å². The van der Waals surface area contributed by atoms with Crippen LogP contribution < -0.4 is 0 Å². The van der Waals surface area contributed by atoms with Crippen LogP contribution in [0.2, 0.25) is 0 Å². The third-order valence-corrected chi connectivity index (χ3v) is 1.31. The van der Waals surface area contributed by atoms with Crippen LogP contribution in [0.3, 0.4) is 0 Å². The highest BCUT2D eigenvalue weighted by Crippen LogP contribution is 2.14. The van der Waals surface area contributed by atoms with Crippen LogP contribution in [-0.2, 0) is 0 Å². The van der Waals surface area contributed by atoms with Crippen molar-refractivity contribution in [3.63, 3.8) is 0 Å². The van der Waals surface area contributed by atoms with E-state index in [1.54, 1.807) is 24.3 Å². The summed E-state index contributed by atoms with van der Waals surface area (Å²) >= 11 is 4.07. The van der Waals surface area contributed by atoms with E-state index in [0.29, 0.717) is 5.69 Å². The second-order valence-electron chi connectivity index (χ2n) is 1.71. The van der Waals surface area contributed by atoms with E-state index in [4.69, 9.17) is 5.53 Å². The second-order valence-corrected chi connectivity index (χ2v) is 2.22. The smallest absolute Gasteiger partial charge is 0.0376 e. The van der Waals surface area contributed by atoms with E-state index in [2.05, 4.69) is 22.7 Å². The van der Waals surface area contributed by atoms with Gasteiger partial charge in [0.2, 0.25) is 0 Å². The Morgan fingerprint density at radius 1 is 1.30 bits per heavy atom. The third kappa shape index (κ3) is 1.69. The molecule has 0 spiro atoms. The van der Waals surface area contributed by atoms with Crippen molar-refractivity contribution in [3.05, 3.63) is 34.7 Å². The molecule has 0 N–H and O–H groups in total. The van der Waals surface area contributed by atoms with Crippen molar-refractivity contribution in [1.82, 2.24) is 0 Å². The van der Waals surface area contributed by atoms with Crippen LogP contribution in [0, 0.1) is 0 Å². The minimum atomic E-state index is 0.611. The van der Waals surface area contributed by atoms with Gasteiger partial charge in [-0.15, -0.1) is 12.6 Å². The van der Waals surface area contributed by atoms with Crippen molar-refractivity contribution < 1.29 is 0 Å². The van der Waals surface area contributed by atoms with Crippen LogP contribution in [0.4, 0.5) is 5.69 Å². The van der Waals surface area contributed by atoms with Crippen molar-refractivity contribution in [2.45, 2.75) is 4.90 Å². The lowest BCUT2D eigenvalue weighted by Gasteiger charge is -1.89. The lowest BCUT2D eigenvalue weighted by molar-refractivity contribution is 1.41. The monoisotopic (exact) mass is 151 g/mol. The molecule has 0 bridgehead atoms. The molecule has 0 aromatic heterocycles. The Balaban J connectivity index is 3.00. The first-order valence-electron chi connectivity index (χ1n) is 2.67. The fraction of sp³-hybridized carbons (Fsp3) is 0. The number of benzene rings is 1. The molecule has 1 aromatic carbocycles. The molecule has 0 aliphatic rings. The molecule has 10 heavy (non-hydrogen) atoms. The molecule has 0 heterocycles. The van der Waals surface area contributed by atoms with Crippen LogP contribution >= 0.6 is 12.6 Å². The molecule has 0 unspecified atom stereocenters. The molecule has 50 valence electrons. The number of thiol groups is 1. The first-order chi connectivity index (χ1) is 4.83. The Morgan fingerprint density at radius 2 is 1.90 bits per heavy atom. The maximum atomic E-state index is 8.03. The summed E-state index contributed by atoms with van der Waals surface area (Å²) < 4.78 is 0. The van der Waals surface area contributed by atoms with Crippen LogP contribution in [0.15, 0.2) is 34.3 Å². The van der Waals surface area contributed by atoms with Crippen molar-refractivity contribution in [2.75, 3.05) is 0 Å². The highest BCUT2D eigenvalue weighted by molar-refractivity contribution is 7.80. The first-order valence-corrected chi connectivity index (χ1v) is 3.12. The number of azide groups is 1. The van der Waals surface area contributed by atoms with E-state index in [-0.39, 0.29) is 0 Å². The minimum absolute atomic E-state index is 0.611. The normalized spacial score (nSPS) is 8.50. The zero-order chi connectivity index (χ0) is 7.40. The van der Waals surface area contributed by atoms with Crippen molar-refractivity contribution in [1.29, 1.82) is 0 Å². The molecule has 0 aliphatic heterocycles. The Labute approximate surface area is 63.7 Å². The average molecular weight is 151 g/mol. The molecule has 0 amide bonds. The van der Waals surface area contributed by atoms with Gasteiger partial charge in [-0.25, -0.2) is 0 Å². The lowest BCUT2D eigenvalue weighted by atomic mass is 10.3. The standard InChI is InChI=1S/C6H5N3S/c7-9-8-5-1-3-6(10)4-2-5/h1-4,10H. The van der Waals surface area contributed by atoms with Gasteiger partial charge < -0.3 is 0 Å². The Kier molecular flexibility index (Phi) is 2.20. The summed E-state index contributed by atoms with van der Waals surface area (Å²) in [5, 5.41) is 3.39. The molecule has 0 fully saturated rings. The average Bonchev–Trinajstić information content (AvgIpc) is 1.95. The van der Waals surface area contributed by atoms with Gasteiger partial charge in [0.25, 0.3) is 0 Å². The van der Waals surface area contributed by atoms with Gasteiger partial charge in [0.15, 0.2) is 0 Å². The molecule has 3 nitrogen and oxygen atoms in total. The summed E-state index contributed by atoms with van der Waals surface area (Å²) in [4.78, 5) is 3.49. The van der Waals surface area contributed by atoms with Crippen molar-refractivity contribution >= 4 is 18.3 Å². The van der Waals surface area contributed by atoms with Crippen LogP contribution in [-0.4, -0.2) is 0 Å². The largest absolute Gasteiger partial charge is 0.143 e. The fourth-order valence-electron chi connectivity index (χ4n) is 0.571. The SMILES string of the molecule is [N-]=[N+]=Nc1ccc(S)cc1. The minimum Gasteiger partial charge on any atom is -0.143 e. The highest BCUT2D eigenvalue weighted by Gasteiger charge is 1.85. The third-order valence-electron chi connectivity index (χ3n) is 1.01. The van der Waals surface area contributed by atoms with Gasteiger partial charge >= 0.3 is 0 Å². The summed E-state index contributed by atoms with van der Waals surface area (Å²) in [6, 6.07) is 6.96. The van der Waals surface area contributed by atoms with Gasteiger partial charge in [0.05, 0.1) is 0 Å². The molecular weight excluding hydrogens is 146 g/mol. The summed E-state index contributed by atoms with van der Waals surface area (Å²) in [5.74, 6) is 0. The van der Waals surface area contributed by atoms with Gasteiger partial charge in [0, 0.05) is 15.5 Å². The molecule has 0 saturated heterocycles. The summed E-state index contributed by atoms with van der Waals surface area (Å²) in [6.07, 6.45) is 0.